The third-order valence-corrected chi connectivity index (χ3v) is 2.80. The summed E-state index contributed by atoms with van der Waals surface area (Å²) in [6.45, 7) is 7.40. The van der Waals surface area contributed by atoms with Gasteiger partial charge in [-0.3, -0.25) is 4.79 Å². The molecule has 1 atom stereocenters. The first-order chi connectivity index (χ1) is 6.46. The SMILES string of the molecule is CC(C)(C)C(=O)N1CCCCC1CN. The Morgan fingerprint density at radius 2 is 2.07 bits per heavy atom. The molecule has 1 fully saturated rings. The van der Waals surface area contributed by atoms with Crippen LogP contribution < -0.4 is 5.73 Å². The van der Waals surface area contributed by atoms with Gasteiger partial charge in [-0.05, 0) is 19.3 Å². The Hall–Kier alpha value is -0.570. The lowest BCUT2D eigenvalue weighted by Crippen LogP contribution is -2.51. The number of nitrogens with two attached hydrogens (primary N) is 1. The van der Waals surface area contributed by atoms with Gasteiger partial charge in [-0.2, -0.15) is 0 Å². The molecular weight excluding hydrogens is 176 g/mol. The van der Waals surface area contributed by atoms with E-state index in [0.29, 0.717) is 6.54 Å². The van der Waals surface area contributed by atoms with E-state index in [0.717, 1.165) is 19.4 Å². The van der Waals surface area contributed by atoms with Gasteiger partial charge in [0.2, 0.25) is 5.91 Å². The van der Waals surface area contributed by atoms with Crippen LogP contribution >= 0.6 is 0 Å². The molecule has 1 saturated heterocycles. The summed E-state index contributed by atoms with van der Waals surface area (Å²) in [7, 11) is 0. The van der Waals surface area contributed by atoms with Crippen molar-refractivity contribution in [2.75, 3.05) is 13.1 Å². The molecular formula is C11H22N2O. The molecule has 1 aliphatic heterocycles. The van der Waals surface area contributed by atoms with Crippen LogP contribution in [-0.2, 0) is 4.79 Å². The van der Waals surface area contributed by atoms with Gasteiger partial charge in [0.25, 0.3) is 0 Å². The number of rotatable bonds is 1. The van der Waals surface area contributed by atoms with Crippen molar-refractivity contribution in [3.05, 3.63) is 0 Å². The smallest absolute Gasteiger partial charge is 0.228 e. The van der Waals surface area contributed by atoms with Crippen molar-refractivity contribution in [1.82, 2.24) is 4.90 Å². The standard InChI is InChI=1S/C11H22N2O/c1-11(2,3)10(14)13-7-5-4-6-9(13)8-12/h9H,4-8,12H2,1-3H3. The quantitative estimate of drug-likeness (QED) is 0.691. The number of piperidine rings is 1. The Morgan fingerprint density at radius 1 is 1.43 bits per heavy atom. The number of hydrogen-bond acceptors (Lipinski definition) is 2. The summed E-state index contributed by atoms with van der Waals surface area (Å²) < 4.78 is 0. The van der Waals surface area contributed by atoms with Gasteiger partial charge in [0.1, 0.15) is 0 Å². The summed E-state index contributed by atoms with van der Waals surface area (Å²) in [6.07, 6.45) is 3.40. The molecule has 3 heteroatoms. The molecule has 1 amide bonds. The van der Waals surface area contributed by atoms with Crippen LogP contribution in [0.15, 0.2) is 0 Å². The number of likely N-dealkylation sites (tertiary alicyclic amines) is 1. The second-order valence-electron chi connectivity index (χ2n) is 5.13. The van der Waals surface area contributed by atoms with E-state index in [4.69, 9.17) is 5.73 Å². The zero-order valence-electron chi connectivity index (χ0n) is 9.55. The average Bonchev–Trinajstić information content (AvgIpc) is 2.15. The molecule has 0 aromatic carbocycles. The minimum Gasteiger partial charge on any atom is -0.338 e. The zero-order chi connectivity index (χ0) is 10.8. The number of carbonyl (C=O) groups is 1. The van der Waals surface area contributed by atoms with Crippen LogP contribution in [0.4, 0.5) is 0 Å². The predicted octanol–water partition coefficient (Wildman–Crippen LogP) is 1.37. The minimum absolute atomic E-state index is 0.243. The molecule has 0 aromatic heterocycles. The number of nitrogens with zero attached hydrogens (tertiary/aromatic N) is 1. The Labute approximate surface area is 86.6 Å². The normalized spacial score (nSPS) is 23.7. The van der Waals surface area contributed by atoms with Crippen molar-refractivity contribution in [2.24, 2.45) is 11.1 Å². The van der Waals surface area contributed by atoms with E-state index in [1.165, 1.54) is 6.42 Å². The van der Waals surface area contributed by atoms with Crippen molar-refractivity contribution in [2.45, 2.75) is 46.1 Å². The molecule has 2 N–H and O–H groups in total. The van der Waals surface area contributed by atoms with Gasteiger partial charge in [0.15, 0.2) is 0 Å². The maximum Gasteiger partial charge on any atom is 0.228 e. The zero-order valence-corrected chi connectivity index (χ0v) is 9.55. The van der Waals surface area contributed by atoms with E-state index in [2.05, 4.69) is 0 Å². The second kappa shape index (κ2) is 4.30. The van der Waals surface area contributed by atoms with Crippen LogP contribution in [0.3, 0.4) is 0 Å². The van der Waals surface area contributed by atoms with Crippen molar-refractivity contribution >= 4 is 5.91 Å². The Morgan fingerprint density at radius 3 is 2.57 bits per heavy atom. The molecule has 0 aromatic rings. The van der Waals surface area contributed by atoms with Gasteiger partial charge >= 0.3 is 0 Å². The van der Waals surface area contributed by atoms with E-state index in [-0.39, 0.29) is 17.4 Å². The maximum absolute atomic E-state index is 12.1. The number of carbonyl (C=O) groups excluding carboxylic acids is 1. The van der Waals surface area contributed by atoms with Gasteiger partial charge in [-0.25, -0.2) is 0 Å². The molecule has 1 unspecified atom stereocenters. The topological polar surface area (TPSA) is 46.3 Å². The summed E-state index contributed by atoms with van der Waals surface area (Å²) in [6, 6.07) is 0.274. The van der Waals surface area contributed by atoms with Crippen molar-refractivity contribution in [3.8, 4) is 0 Å². The van der Waals surface area contributed by atoms with Gasteiger partial charge in [0, 0.05) is 24.5 Å². The van der Waals surface area contributed by atoms with E-state index in [1.807, 2.05) is 25.7 Å². The van der Waals surface area contributed by atoms with Gasteiger partial charge in [0.05, 0.1) is 0 Å². The van der Waals surface area contributed by atoms with Crippen LogP contribution in [0.1, 0.15) is 40.0 Å². The third kappa shape index (κ3) is 2.47. The molecule has 0 spiro atoms. The molecule has 0 bridgehead atoms. The molecule has 82 valence electrons. The number of amides is 1. The molecule has 1 rings (SSSR count). The summed E-state index contributed by atoms with van der Waals surface area (Å²) in [4.78, 5) is 14.0. The highest BCUT2D eigenvalue weighted by Gasteiger charge is 2.32. The first-order valence-electron chi connectivity index (χ1n) is 5.48. The first-order valence-corrected chi connectivity index (χ1v) is 5.48. The second-order valence-corrected chi connectivity index (χ2v) is 5.13. The molecule has 0 radical (unpaired) electrons. The van der Waals surface area contributed by atoms with Crippen molar-refractivity contribution < 1.29 is 4.79 Å². The Bertz CT molecular complexity index is 208. The van der Waals surface area contributed by atoms with E-state index < -0.39 is 0 Å². The summed E-state index contributed by atoms with van der Waals surface area (Å²) in [5.41, 5.74) is 5.41. The first kappa shape index (κ1) is 11.5. The molecule has 1 heterocycles. The fourth-order valence-electron chi connectivity index (χ4n) is 1.94. The predicted molar refractivity (Wildman–Crippen MR) is 57.9 cm³/mol. The summed E-state index contributed by atoms with van der Waals surface area (Å²) in [5, 5.41) is 0. The molecule has 14 heavy (non-hydrogen) atoms. The highest BCUT2D eigenvalue weighted by atomic mass is 16.2. The fraction of sp³-hybridized carbons (Fsp3) is 0.909. The third-order valence-electron chi connectivity index (χ3n) is 2.80. The van der Waals surface area contributed by atoms with Crippen LogP contribution in [0.25, 0.3) is 0 Å². The Balaban J connectivity index is 2.69. The summed E-state index contributed by atoms with van der Waals surface area (Å²) in [5.74, 6) is 0.243. The summed E-state index contributed by atoms with van der Waals surface area (Å²) >= 11 is 0. The Kier molecular flexibility index (Phi) is 3.53. The average molecular weight is 198 g/mol. The number of hydrogen-bond donors (Lipinski definition) is 1. The lowest BCUT2D eigenvalue weighted by molar-refractivity contribution is -0.143. The molecule has 1 aliphatic rings. The fourth-order valence-corrected chi connectivity index (χ4v) is 1.94. The van der Waals surface area contributed by atoms with Crippen molar-refractivity contribution in [1.29, 1.82) is 0 Å². The van der Waals surface area contributed by atoms with E-state index in [1.54, 1.807) is 0 Å². The van der Waals surface area contributed by atoms with Crippen molar-refractivity contribution in [3.63, 3.8) is 0 Å². The van der Waals surface area contributed by atoms with E-state index in [9.17, 15) is 4.79 Å². The monoisotopic (exact) mass is 198 g/mol. The van der Waals surface area contributed by atoms with Gasteiger partial charge in [-0.15, -0.1) is 0 Å². The van der Waals surface area contributed by atoms with Crippen LogP contribution in [0.2, 0.25) is 0 Å². The lowest BCUT2D eigenvalue weighted by Gasteiger charge is -2.38. The van der Waals surface area contributed by atoms with Crippen LogP contribution in [0, 0.1) is 5.41 Å². The molecule has 0 saturated carbocycles. The van der Waals surface area contributed by atoms with Crippen LogP contribution in [-0.4, -0.2) is 29.9 Å². The van der Waals surface area contributed by atoms with E-state index >= 15 is 0 Å². The van der Waals surface area contributed by atoms with Crippen LogP contribution in [0.5, 0.6) is 0 Å². The minimum atomic E-state index is -0.273. The maximum atomic E-state index is 12.1. The largest absolute Gasteiger partial charge is 0.338 e. The van der Waals surface area contributed by atoms with Gasteiger partial charge < -0.3 is 10.6 Å². The highest BCUT2D eigenvalue weighted by molar-refractivity contribution is 5.81. The highest BCUT2D eigenvalue weighted by Crippen LogP contribution is 2.24. The lowest BCUT2D eigenvalue weighted by atomic mass is 9.91. The molecule has 3 nitrogen and oxygen atoms in total. The molecule has 0 aliphatic carbocycles. The van der Waals surface area contributed by atoms with Gasteiger partial charge in [-0.1, -0.05) is 20.8 Å².